The number of rotatable bonds is 5. The summed E-state index contributed by atoms with van der Waals surface area (Å²) in [4.78, 5) is 17.7. The average molecular weight is 391 g/mol. The van der Waals surface area contributed by atoms with Crippen LogP contribution < -0.4 is 4.74 Å². The third-order valence-corrected chi connectivity index (χ3v) is 6.03. The lowest BCUT2D eigenvalue weighted by Crippen LogP contribution is -2.49. The van der Waals surface area contributed by atoms with E-state index in [0.717, 1.165) is 36.6 Å². The number of benzene rings is 1. The molecule has 2 aromatic heterocycles. The monoisotopic (exact) mass is 391 g/mol. The number of carbonyl (C=O) groups is 1. The molecule has 0 radical (unpaired) electrons. The predicted octanol–water partition coefficient (Wildman–Crippen LogP) is 2.31. The summed E-state index contributed by atoms with van der Waals surface area (Å²) < 4.78 is 9.26. The summed E-state index contributed by atoms with van der Waals surface area (Å²) in [6.07, 6.45) is 6.02. The number of amides is 1. The van der Waals surface area contributed by atoms with Crippen LogP contribution in [-0.4, -0.2) is 56.3 Å². The molecule has 1 fully saturated rings. The molecule has 0 aliphatic carbocycles. The minimum atomic E-state index is 0.107. The molecule has 2 atom stereocenters. The molecule has 0 N–H and O–H groups in total. The Morgan fingerprint density at radius 3 is 2.59 bits per heavy atom. The van der Waals surface area contributed by atoms with E-state index >= 15 is 0 Å². The van der Waals surface area contributed by atoms with Crippen LogP contribution in [0.4, 0.5) is 0 Å². The maximum absolute atomic E-state index is 13.3. The fourth-order valence-electron chi connectivity index (χ4n) is 4.65. The van der Waals surface area contributed by atoms with E-state index in [0.29, 0.717) is 6.54 Å². The van der Waals surface area contributed by atoms with Crippen LogP contribution >= 0.6 is 0 Å². The van der Waals surface area contributed by atoms with Gasteiger partial charge in [-0.15, -0.1) is 0 Å². The van der Waals surface area contributed by atoms with Crippen molar-refractivity contribution in [2.45, 2.75) is 25.2 Å². The molecule has 0 unspecified atom stereocenters. The van der Waals surface area contributed by atoms with Crippen LogP contribution in [0.25, 0.3) is 0 Å². The number of hydrogen-bond donors (Lipinski definition) is 0. The molecular formula is C22H25N5O2. The molecule has 7 nitrogen and oxygen atoms in total. The molecule has 2 aliphatic heterocycles. The molecule has 1 aromatic carbocycles. The quantitative estimate of drug-likeness (QED) is 0.670. The Balaban J connectivity index is 1.41. The first-order valence-corrected chi connectivity index (χ1v) is 9.93. The molecule has 5 rings (SSSR count). The van der Waals surface area contributed by atoms with Crippen molar-refractivity contribution >= 4 is 5.91 Å². The van der Waals surface area contributed by atoms with E-state index in [1.165, 1.54) is 5.56 Å². The minimum absolute atomic E-state index is 0.107. The molecule has 0 bridgehead atoms. The van der Waals surface area contributed by atoms with Crippen molar-refractivity contribution in [2.24, 2.45) is 7.05 Å². The van der Waals surface area contributed by atoms with Gasteiger partial charge in [0.2, 0.25) is 0 Å². The Labute approximate surface area is 170 Å². The Bertz CT molecular complexity index is 1020. The smallest absolute Gasteiger partial charge is 0.271 e. The predicted molar refractivity (Wildman–Crippen MR) is 109 cm³/mol. The van der Waals surface area contributed by atoms with Gasteiger partial charge in [0, 0.05) is 51.2 Å². The molecule has 29 heavy (non-hydrogen) atoms. The maximum Gasteiger partial charge on any atom is 0.271 e. The number of methoxy groups -OCH3 is 1. The van der Waals surface area contributed by atoms with Crippen molar-refractivity contribution in [1.82, 2.24) is 24.1 Å². The van der Waals surface area contributed by atoms with Gasteiger partial charge in [0.1, 0.15) is 11.4 Å². The molecule has 4 heterocycles. The van der Waals surface area contributed by atoms with Crippen LogP contribution in [-0.2, 0) is 20.1 Å². The summed E-state index contributed by atoms with van der Waals surface area (Å²) in [5, 5.41) is 4.28. The van der Waals surface area contributed by atoms with Gasteiger partial charge in [0.15, 0.2) is 0 Å². The number of nitrogens with zero attached hydrogens (tertiary/aromatic N) is 5. The molecule has 0 saturated carbocycles. The van der Waals surface area contributed by atoms with Crippen molar-refractivity contribution in [3.8, 4) is 5.75 Å². The molecule has 0 spiro atoms. The van der Waals surface area contributed by atoms with Crippen LogP contribution in [0.1, 0.15) is 27.7 Å². The van der Waals surface area contributed by atoms with Crippen LogP contribution in [0.2, 0.25) is 0 Å². The average Bonchev–Trinajstić information content (AvgIpc) is 3.45. The minimum Gasteiger partial charge on any atom is -0.497 e. The van der Waals surface area contributed by atoms with E-state index in [9.17, 15) is 4.79 Å². The number of hydrogen-bond acceptors (Lipinski definition) is 4. The van der Waals surface area contributed by atoms with Gasteiger partial charge in [-0.05, 0) is 29.8 Å². The van der Waals surface area contributed by atoms with E-state index in [-0.39, 0.29) is 18.0 Å². The van der Waals surface area contributed by atoms with Crippen LogP contribution in [0.5, 0.6) is 5.75 Å². The largest absolute Gasteiger partial charge is 0.497 e. The Kier molecular flexibility index (Phi) is 4.39. The Morgan fingerprint density at radius 2 is 1.86 bits per heavy atom. The molecular weight excluding hydrogens is 366 g/mol. The third kappa shape index (κ3) is 3.21. The van der Waals surface area contributed by atoms with Crippen molar-refractivity contribution in [2.75, 3.05) is 20.2 Å². The standard InChI is InChI=1S/C22H25N5O2/c1-24-11-17(10-23-24)12-25-14-20-21(15-25)27(22(28)19-4-3-9-26(19)20)13-16-5-7-18(29-2)8-6-16/h3-11,20-21H,12-15H2,1-2H3/t20-,21+/m1/s1. The fourth-order valence-corrected chi connectivity index (χ4v) is 4.65. The van der Waals surface area contributed by atoms with Crippen LogP contribution in [0, 0.1) is 0 Å². The van der Waals surface area contributed by atoms with Gasteiger partial charge < -0.3 is 14.2 Å². The van der Waals surface area contributed by atoms with Gasteiger partial charge in [-0.25, -0.2) is 0 Å². The van der Waals surface area contributed by atoms with Gasteiger partial charge in [0.05, 0.1) is 25.4 Å². The molecule has 3 aromatic rings. The van der Waals surface area contributed by atoms with E-state index in [1.54, 1.807) is 7.11 Å². The zero-order valence-electron chi connectivity index (χ0n) is 16.7. The fraction of sp³-hybridized carbons (Fsp3) is 0.364. The first kappa shape index (κ1) is 18.0. The summed E-state index contributed by atoms with van der Waals surface area (Å²) >= 11 is 0. The van der Waals surface area contributed by atoms with Crippen molar-refractivity contribution < 1.29 is 9.53 Å². The van der Waals surface area contributed by atoms with Gasteiger partial charge in [-0.1, -0.05) is 12.1 Å². The second kappa shape index (κ2) is 7.08. The number of fused-ring (bicyclic) bond motifs is 3. The lowest BCUT2D eigenvalue weighted by Gasteiger charge is -2.38. The summed E-state index contributed by atoms with van der Waals surface area (Å²) in [6, 6.07) is 12.3. The summed E-state index contributed by atoms with van der Waals surface area (Å²) in [6.45, 7) is 3.24. The topological polar surface area (TPSA) is 55.5 Å². The molecule has 150 valence electrons. The van der Waals surface area contributed by atoms with Gasteiger partial charge in [0.25, 0.3) is 5.91 Å². The van der Waals surface area contributed by atoms with Crippen LogP contribution in [0.15, 0.2) is 55.0 Å². The highest BCUT2D eigenvalue weighted by Crippen LogP contribution is 2.35. The normalized spacial score (nSPS) is 21.3. The Morgan fingerprint density at radius 1 is 1.07 bits per heavy atom. The van der Waals surface area contributed by atoms with Gasteiger partial charge in [-0.3, -0.25) is 14.4 Å². The SMILES string of the molecule is COc1ccc(CN2C(=O)c3cccn3[C@@H]3CN(Cc4cnn(C)c4)C[C@@H]32)cc1. The zero-order chi connectivity index (χ0) is 20.0. The highest BCUT2D eigenvalue weighted by molar-refractivity contribution is 5.94. The second-order valence-corrected chi connectivity index (χ2v) is 7.93. The number of aromatic nitrogens is 3. The number of ether oxygens (including phenoxy) is 1. The zero-order valence-corrected chi connectivity index (χ0v) is 16.7. The molecule has 7 heteroatoms. The van der Waals surface area contributed by atoms with Crippen molar-refractivity contribution in [3.05, 3.63) is 71.8 Å². The second-order valence-electron chi connectivity index (χ2n) is 7.93. The van der Waals surface area contributed by atoms with Crippen molar-refractivity contribution in [3.63, 3.8) is 0 Å². The molecule has 1 amide bonds. The van der Waals surface area contributed by atoms with Crippen LogP contribution in [0.3, 0.4) is 0 Å². The molecule has 2 aliphatic rings. The Hall–Kier alpha value is -3.06. The summed E-state index contributed by atoms with van der Waals surface area (Å²) in [5.41, 5.74) is 3.10. The maximum atomic E-state index is 13.3. The van der Waals surface area contributed by atoms with Gasteiger partial charge in [-0.2, -0.15) is 5.10 Å². The van der Waals surface area contributed by atoms with E-state index in [2.05, 4.69) is 20.8 Å². The first-order chi connectivity index (χ1) is 14.1. The van der Waals surface area contributed by atoms with Gasteiger partial charge >= 0.3 is 0 Å². The third-order valence-electron chi connectivity index (χ3n) is 6.03. The van der Waals surface area contributed by atoms with E-state index in [1.807, 2.05) is 65.4 Å². The number of likely N-dealkylation sites (tertiary alicyclic amines) is 1. The summed E-state index contributed by atoms with van der Waals surface area (Å²) in [7, 11) is 3.60. The molecule has 1 saturated heterocycles. The number of aryl methyl sites for hydroxylation is 1. The highest BCUT2D eigenvalue weighted by atomic mass is 16.5. The van der Waals surface area contributed by atoms with E-state index in [4.69, 9.17) is 4.74 Å². The first-order valence-electron chi connectivity index (χ1n) is 9.93. The summed E-state index contributed by atoms with van der Waals surface area (Å²) in [5.74, 6) is 0.935. The highest BCUT2D eigenvalue weighted by Gasteiger charge is 2.44. The lowest BCUT2D eigenvalue weighted by atomic mass is 10.0. The number of carbonyl (C=O) groups excluding carboxylic acids is 1. The van der Waals surface area contributed by atoms with E-state index < -0.39 is 0 Å². The van der Waals surface area contributed by atoms with Crippen molar-refractivity contribution in [1.29, 1.82) is 0 Å². The lowest BCUT2D eigenvalue weighted by molar-refractivity contribution is 0.0556.